The second kappa shape index (κ2) is 4.00. The van der Waals surface area contributed by atoms with Crippen LogP contribution < -0.4 is 10.5 Å². The zero-order chi connectivity index (χ0) is 10.7. The first-order chi connectivity index (χ1) is 6.50. The molecular weight excluding hydrogens is 182 g/mol. The molecule has 1 rings (SSSR count). The number of carboxylic acids is 1. The van der Waals surface area contributed by atoms with E-state index in [0.29, 0.717) is 11.4 Å². The molecule has 0 aliphatic heterocycles. The Hall–Kier alpha value is -1.71. The molecule has 1 aromatic carbocycles. The third-order valence-electron chi connectivity index (χ3n) is 1.86. The van der Waals surface area contributed by atoms with Crippen LogP contribution in [0.15, 0.2) is 18.2 Å². The largest absolute Gasteiger partial charge is 0.479 e. The average molecular weight is 195 g/mol. The van der Waals surface area contributed by atoms with Gasteiger partial charge in [0, 0.05) is 11.8 Å². The average Bonchev–Trinajstić information content (AvgIpc) is 2.11. The molecule has 0 spiro atoms. The summed E-state index contributed by atoms with van der Waals surface area (Å²) in [5.41, 5.74) is 6.98. The van der Waals surface area contributed by atoms with Gasteiger partial charge in [-0.25, -0.2) is 4.79 Å². The van der Waals surface area contributed by atoms with Gasteiger partial charge in [-0.1, -0.05) is 6.07 Å². The van der Waals surface area contributed by atoms with Crippen molar-refractivity contribution in [3.8, 4) is 5.75 Å². The number of ether oxygens (including phenoxy) is 1. The highest BCUT2D eigenvalue weighted by atomic mass is 16.5. The minimum absolute atomic E-state index is 0.514. The third kappa shape index (κ3) is 2.39. The number of carboxylic acid groups (broad SMARTS) is 1. The SMILES string of the molecule is Cc1ccc(N)cc1OC(C)C(=O)O. The first kappa shape index (κ1) is 10.4. The van der Waals surface area contributed by atoms with E-state index in [9.17, 15) is 4.79 Å². The van der Waals surface area contributed by atoms with E-state index in [1.54, 1.807) is 18.2 Å². The van der Waals surface area contributed by atoms with Crippen molar-refractivity contribution in [2.45, 2.75) is 20.0 Å². The molecule has 0 bridgehead atoms. The molecule has 0 saturated carbocycles. The van der Waals surface area contributed by atoms with Crippen molar-refractivity contribution in [3.05, 3.63) is 23.8 Å². The molecule has 3 N–H and O–H groups in total. The quantitative estimate of drug-likeness (QED) is 0.715. The highest BCUT2D eigenvalue weighted by molar-refractivity contribution is 5.72. The van der Waals surface area contributed by atoms with Crippen molar-refractivity contribution >= 4 is 11.7 Å². The van der Waals surface area contributed by atoms with Gasteiger partial charge in [0.1, 0.15) is 5.75 Å². The Kier molecular flexibility index (Phi) is 2.96. The molecule has 0 aliphatic rings. The van der Waals surface area contributed by atoms with E-state index < -0.39 is 12.1 Å². The summed E-state index contributed by atoms with van der Waals surface area (Å²) in [7, 11) is 0. The highest BCUT2D eigenvalue weighted by Gasteiger charge is 2.13. The zero-order valence-corrected chi connectivity index (χ0v) is 8.15. The van der Waals surface area contributed by atoms with E-state index in [2.05, 4.69) is 0 Å². The van der Waals surface area contributed by atoms with E-state index in [-0.39, 0.29) is 0 Å². The maximum Gasteiger partial charge on any atom is 0.344 e. The standard InChI is InChI=1S/C10H13NO3/c1-6-3-4-8(11)5-9(6)14-7(2)10(12)13/h3-5,7H,11H2,1-2H3,(H,12,13). The number of carbonyl (C=O) groups is 1. The molecule has 0 aromatic heterocycles. The predicted molar refractivity (Wildman–Crippen MR) is 53.3 cm³/mol. The van der Waals surface area contributed by atoms with E-state index in [1.165, 1.54) is 6.92 Å². The number of aryl methyl sites for hydroxylation is 1. The second-order valence-corrected chi connectivity index (χ2v) is 3.12. The zero-order valence-electron chi connectivity index (χ0n) is 8.15. The Labute approximate surface area is 82.3 Å². The maximum atomic E-state index is 10.5. The van der Waals surface area contributed by atoms with Gasteiger partial charge in [0.05, 0.1) is 0 Å². The van der Waals surface area contributed by atoms with Crippen LogP contribution in [0.2, 0.25) is 0 Å². The van der Waals surface area contributed by atoms with Crippen molar-refractivity contribution in [2.75, 3.05) is 5.73 Å². The van der Waals surface area contributed by atoms with Crippen LogP contribution in [0.25, 0.3) is 0 Å². The van der Waals surface area contributed by atoms with Crippen LogP contribution in [-0.2, 0) is 4.79 Å². The Morgan fingerprint density at radius 2 is 2.21 bits per heavy atom. The summed E-state index contributed by atoms with van der Waals surface area (Å²) < 4.78 is 5.21. The molecule has 76 valence electrons. The molecular formula is C10H13NO3. The molecule has 0 amide bonds. The van der Waals surface area contributed by atoms with Gasteiger partial charge in [0.25, 0.3) is 0 Å². The number of hydrogen-bond acceptors (Lipinski definition) is 3. The van der Waals surface area contributed by atoms with E-state index in [1.807, 2.05) is 6.92 Å². The predicted octanol–water partition coefficient (Wildman–Crippen LogP) is 1.43. The molecule has 0 aliphatic carbocycles. The minimum Gasteiger partial charge on any atom is -0.479 e. The normalized spacial score (nSPS) is 12.1. The lowest BCUT2D eigenvalue weighted by atomic mass is 10.2. The van der Waals surface area contributed by atoms with Crippen LogP contribution in [0.4, 0.5) is 5.69 Å². The summed E-state index contributed by atoms with van der Waals surface area (Å²) in [6.07, 6.45) is -0.865. The number of aliphatic carboxylic acids is 1. The summed E-state index contributed by atoms with van der Waals surface area (Å²) in [5, 5.41) is 8.65. The lowest BCUT2D eigenvalue weighted by Crippen LogP contribution is -2.23. The molecule has 4 nitrogen and oxygen atoms in total. The Balaban J connectivity index is 2.85. The molecule has 1 aromatic rings. The number of nitrogens with two attached hydrogens (primary N) is 1. The molecule has 14 heavy (non-hydrogen) atoms. The van der Waals surface area contributed by atoms with Gasteiger partial charge in [0.15, 0.2) is 6.10 Å². The van der Waals surface area contributed by atoms with Crippen molar-refractivity contribution in [1.82, 2.24) is 0 Å². The summed E-state index contributed by atoms with van der Waals surface area (Å²) in [6.45, 7) is 3.31. The van der Waals surface area contributed by atoms with Crippen molar-refractivity contribution in [3.63, 3.8) is 0 Å². The number of benzene rings is 1. The highest BCUT2D eigenvalue weighted by Crippen LogP contribution is 2.21. The van der Waals surface area contributed by atoms with E-state index >= 15 is 0 Å². The smallest absolute Gasteiger partial charge is 0.344 e. The fraction of sp³-hybridized carbons (Fsp3) is 0.300. The van der Waals surface area contributed by atoms with Crippen LogP contribution in [0.3, 0.4) is 0 Å². The Morgan fingerprint density at radius 3 is 2.79 bits per heavy atom. The molecule has 0 fully saturated rings. The van der Waals surface area contributed by atoms with Gasteiger partial charge < -0.3 is 15.6 Å². The summed E-state index contributed by atoms with van der Waals surface area (Å²) in [5.74, 6) is -0.480. The van der Waals surface area contributed by atoms with Gasteiger partial charge in [-0.2, -0.15) is 0 Å². The monoisotopic (exact) mass is 195 g/mol. The van der Waals surface area contributed by atoms with Crippen molar-refractivity contribution in [1.29, 1.82) is 0 Å². The molecule has 0 heterocycles. The Bertz CT molecular complexity index is 349. The molecule has 1 atom stereocenters. The number of rotatable bonds is 3. The van der Waals surface area contributed by atoms with Gasteiger partial charge >= 0.3 is 5.97 Å². The number of anilines is 1. The third-order valence-corrected chi connectivity index (χ3v) is 1.86. The van der Waals surface area contributed by atoms with Crippen LogP contribution in [0.1, 0.15) is 12.5 Å². The molecule has 4 heteroatoms. The topological polar surface area (TPSA) is 72.5 Å². The van der Waals surface area contributed by atoms with Crippen LogP contribution in [0, 0.1) is 6.92 Å². The van der Waals surface area contributed by atoms with Gasteiger partial charge in [0.2, 0.25) is 0 Å². The van der Waals surface area contributed by atoms with Gasteiger partial charge in [-0.3, -0.25) is 0 Å². The first-order valence-electron chi connectivity index (χ1n) is 4.26. The van der Waals surface area contributed by atoms with Crippen molar-refractivity contribution in [2.24, 2.45) is 0 Å². The second-order valence-electron chi connectivity index (χ2n) is 3.12. The number of nitrogen functional groups attached to an aromatic ring is 1. The summed E-state index contributed by atoms with van der Waals surface area (Å²) >= 11 is 0. The Morgan fingerprint density at radius 1 is 1.57 bits per heavy atom. The van der Waals surface area contributed by atoms with Crippen LogP contribution in [0.5, 0.6) is 5.75 Å². The van der Waals surface area contributed by atoms with E-state index in [0.717, 1.165) is 5.56 Å². The summed E-state index contributed by atoms with van der Waals surface area (Å²) in [4.78, 5) is 10.5. The van der Waals surface area contributed by atoms with Gasteiger partial charge in [-0.05, 0) is 25.5 Å². The van der Waals surface area contributed by atoms with Crippen molar-refractivity contribution < 1.29 is 14.6 Å². The molecule has 0 radical (unpaired) electrons. The number of hydrogen-bond donors (Lipinski definition) is 2. The molecule has 1 unspecified atom stereocenters. The maximum absolute atomic E-state index is 10.5. The fourth-order valence-electron chi connectivity index (χ4n) is 0.985. The minimum atomic E-state index is -0.994. The summed E-state index contributed by atoms with van der Waals surface area (Å²) in [6, 6.07) is 5.15. The first-order valence-corrected chi connectivity index (χ1v) is 4.26. The van der Waals surface area contributed by atoms with Crippen LogP contribution >= 0.6 is 0 Å². The van der Waals surface area contributed by atoms with Crippen LogP contribution in [-0.4, -0.2) is 17.2 Å². The lowest BCUT2D eigenvalue weighted by Gasteiger charge is -2.12. The fourth-order valence-corrected chi connectivity index (χ4v) is 0.985. The lowest BCUT2D eigenvalue weighted by molar-refractivity contribution is -0.144. The van der Waals surface area contributed by atoms with E-state index in [4.69, 9.17) is 15.6 Å². The van der Waals surface area contributed by atoms with Gasteiger partial charge in [-0.15, -0.1) is 0 Å². The molecule has 0 saturated heterocycles.